The zero-order valence-electron chi connectivity index (χ0n) is 43.9. The van der Waals surface area contributed by atoms with Crippen LogP contribution < -0.4 is 9.80 Å². The molecule has 0 radical (unpaired) electrons. The van der Waals surface area contributed by atoms with Crippen LogP contribution >= 0.6 is 50.2 Å². The van der Waals surface area contributed by atoms with Gasteiger partial charge in [0.1, 0.15) is 0 Å². The van der Waals surface area contributed by atoms with Gasteiger partial charge in [0.15, 0.2) is 10.3 Å². The van der Waals surface area contributed by atoms with Crippen molar-refractivity contribution in [2.45, 2.75) is 128 Å². The maximum atomic E-state index is 14.1. The first-order valence-electron chi connectivity index (χ1n) is 25.3. The highest BCUT2D eigenvalue weighted by Gasteiger charge is 2.36. The minimum atomic E-state index is -3.63. The Morgan fingerprint density at radius 2 is 0.847 bits per heavy atom. The van der Waals surface area contributed by atoms with Crippen LogP contribution in [0.3, 0.4) is 0 Å². The summed E-state index contributed by atoms with van der Waals surface area (Å²) in [6.45, 7) is 29.6. The minimum Gasteiger partial charge on any atom is -0.345 e. The van der Waals surface area contributed by atoms with E-state index in [-0.39, 0.29) is 23.7 Å². The Bertz CT molecular complexity index is 2990. The van der Waals surface area contributed by atoms with Gasteiger partial charge in [-0.25, -0.2) is 26.8 Å². The molecule has 2 fully saturated rings. The third-order valence-electron chi connectivity index (χ3n) is 13.6. The summed E-state index contributed by atoms with van der Waals surface area (Å²) in [5, 5.41) is 6.67. The number of rotatable bonds is 14. The van der Waals surface area contributed by atoms with Gasteiger partial charge in [-0.05, 0) is 93.2 Å². The molecule has 0 bridgehead atoms. The van der Waals surface area contributed by atoms with Crippen molar-refractivity contribution in [1.29, 1.82) is 0 Å². The number of piperazine rings is 2. The fraction of sp³-hybridized carbons (Fsp3) is 0.464. The topological polar surface area (TPSA) is 107 Å². The molecule has 0 saturated carbocycles. The predicted molar refractivity (Wildman–Crippen MR) is 307 cm³/mol. The standard InChI is InChI=1S/C28H36BrN3O2S2.C28H36ClN3O2S2/c1-18(2)22-15-24(19(3)4)27(25(16-22)20(5)6)36(33,34)32-12-10-31(11-13-32)28-30-26(17-35-28)21-8-7-9-23(29)14-21;1-18(2)22-15-24(19(3)4)27(25(16-22)20(5)6)36(33,34)32-13-11-31(12-14-32)28-30-26(17-35-28)21-7-9-23(29)10-8-21/h7-9,14-20H,10-13H2,1-6H3;7-10,15-20H,11-14H2,1-6H3. The molecule has 6 aromatic rings. The van der Waals surface area contributed by atoms with Crippen molar-refractivity contribution in [3.05, 3.63) is 126 Å². The summed E-state index contributed by atoms with van der Waals surface area (Å²) >= 11 is 12.7. The van der Waals surface area contributed by atoms with Crippen molar-refractivity contribution in [2.75, 3.05) is 62.2 Å². The number of benzene rings is 4. The molecule has 4 heterocycles. The van der Waals surface area contributed by atoms with Gasteiger partial charge in [0.2, 0.25) is 20.0 Å². The molecule has 0 N–H and O–H groups in total. The lowest BCUT2D eigenvalue weighted by Gasteiger charge is -2.35. The average molecular weight is 1140 g/mol. The zero-order valence-corrected chi connectivity index (χ0v) is 49.5. The van der Waals surface area contributed by atoms with E-state index in [1.54, 1.807) is 31.3 Å². The van der Waals surface area contributed by atoms with Gasteiger partial charge in [-0.15, -0.1) is 22.7 Å². The van der Waals surface area contributed by atoms with Crippen LogP contribution in [-0.2, 0) is 20.0 Å². The van der Waals surface area contributed by atoms with Crippen molar-refractivity contribution in [2.24, 2.45) is 0 Å². The Kier molecular flexibility index (Phi) is 18.3. The quantitative estimate of drug-likeness (QED) is 0.106. The minimum absolute atomic E-state index is 0.119. The van der Waals surface area contributed by atoms with Crippen LogP contribution in [-0.4, -0.2) is 87.8 Å². The second-order valence-electron chi connectivity index (χ2n) is 20.8. The average Bonchev–Trinajstić information content (AvgIpc) is 4.05. The highest BCUT2D eigenvalue weighted by Crippen LogP contribution is 2.40. The molecule has 72 heavy (non-hydrogen) atoms. The molecule has 388 valence electrons. The first-order valence-corrected chi connectivity index (χ1v) is 31.1. The van der Waals surface area contributed by atoms with E-state index in [0.717, 1.165) is 59.5 Å². The number of halogens is 2. The Labute approximate surface area is 452 Å². The molecular weight excluding hydrogens is 1060 g/mol. The first-order chi connectivity index (χ1) is 34.0. The summed E-state index contributed by atoms with van der Waals surface area (Å²) in [4.78, 5) is 15.1. The summed E-state index contributed by atoms with van der Waals surface area (Å²) in [5.74, 6) is 1.18. The van der Waals surface area contributed by atoms with E-state index in [1.165, 1.54) is 11.1 Å². The third kappa shape index (κ3) is 12.5. The molecule has 0 aliphatic carbocycles. The van der Waals surface area contributed by atoms with Gasteiger partial charge in [-0.1, -0.05) is 159 Å². The first kappa shape index (κ1) is 56.1. The molecule has 2 aliphatic rings. The number of aromatic nitrogens is 2. The zero-order chi connectivity index (χ0) is 52.4. The molecule has 2 aromatic heterocycles. The normalized spacial score (nSPS) is 15.4. The second kappa shape index (κ2) is 23.5. The number of hydrogen-bond donors (Lipinski definition) is 0. The fourth-order valence-corrected chi connectivity index (χ4v) is 15.7. The van der Waals surface area contributed by atoms with Crippen LogP contribution in [0.4, 0.5) is 10.3 Å². The molecular formula is C56H72BrClN6O4S4. The maximum absolute atomic E-state index is 14.1. The lowest BCUT2D eigenvalue weighted by atomic mass is 9.89. The number of sulfonamides is 2. The van der Waals surface area contributed by atoms with Gasteiger partial charge >= 0.3 is 0 Å². The van der Waals surface area contributed by atoms with Crippen LogP contribution in [0.1, 0.15) is 152 Å². The molecule has 0 unspecified atom stereocenters. The summed E-state index contributed by atoms with van der Waals surface area (Å²) < 4.78 is 60.6. The summed E-state index contributed by atoms with van der Waals surface area (Å²) in [6, 6.07) is 24.2. The van der Waals surface area contributed by atoms with Gasteiger partial charge in [0.25, 0.3) is 0 Å². The van der Waals surface area contributed by atoms with E-state index in [2.05, 4.69) is 151 Å². The molecule has 10 nitrogen and oxygen atoms in total. The van der Waals surface area contributed by atoms with E-state index in [4.69, 9.17) is 21.6 Å². The predicted octanol–water partition coefficient (Wildman–Crippen LogP) is 14.8. The molecule has 4 aromatic carbocycles. The van der Waals surface area contributed by atoms with Crippen molar-refractivity contribution in [3.63, 3.8) is 0 Å². The van der Waals surface area contributed by atoms with Crippen molar-refractivity contribution < 1.29 is 16.8 Å². The number of hydrogen-bond acceptors (Lipinski definition) is 10. The van der Waals surface area contributed by atoms with E-state index < -0.39 is 20.0 Å². The second-order valence-corrected chi connectivity index (χ2v) is 27.6. The van der Waals surface area contributed by atoms with Crippen LogP contribution in [0.25, 0.3) is 22.5 Å². The van der Waals surface area contributed by atoms with Crippen molar-refractivity contribution >= 4 is 80.5 Å². The van der Waals surface area contributed by atoms with Crippen LogP contribution in [0.15, 0.2) is 97.8 Å². The third-order valence-corrected chi connectivity index (χ3v) is 20.2. The Morgan fingerprint density at radius 3 is 1.18 bits per heavy atom. The van der Waals surface area contributed by atoms with Crippen molar-refractivity contribution in [1.82, 2.24) is 18.6 Å². The molecule has 2 saturated heterocycles. The van der Waals surface area contributed by atoms with Crippen molar-refractivity contribution in [3.8, 4) is 22.5 Å². The summed E-state index contributed by atoms with van der Waals surface area (Å²) in [6.07, 6.45) is 0. The van der Waals surface area contributed by atoms with Crippen LogP contribution in [0.5, 0.6) is 0 Å². The van der Waals surface area contributed by atoms with Gasteiger partial charge in [-0.3, -0.25) is 0 Å². The largest absolute Gasteiger partial charge is 0.345 e. The summed E-state index contributed by atoms with van der Waals surface area (Å²) in [7, 11) is -7.25. The Hall–Kier alpha value is -3.67. The van der Waals surface area contributed by atoms with E-state index in [9.17, 15) is 16.8 Å². The lowest BCUT2D eigenvalue weighted by molar-refractivity contribution is 0.383. The molecule has 0 amide bonds. The number of thiazole rings is 2. The van der Waals surface area contributed by atoms with Gasteiger partial charge in [0, 0.05) is 83.7 Å². The molecule has 0 atom stereocenters. The molecule has 0 spiro atoms. The molecule has 2 aliphatic heterocycles. The van der Waals surface area contributed by atoms with E-state index in [0.29, 0.717) is 79.0 Å². The van der Waals surface area contributed by atoms with E-state index in [1.807, 2.05) is 41.8 Å². The Balaban J connectivity index is 0.000000211. The molecule has 8 rings (SSSR count). The molecule has 16 heteroatoms. The Morgan fingerprint density at radius 1 is 0.486 bits per heavy atom. The maximum Gasteiger partial charge on any atom is 0.243 e. The highest BCUT2D eigenvalue weighted by atomic mass is 79.9. The SMILES string of the molecule is CC(C)c1cc(C(C)C)c(S(=O)(=O)N2CCN(c3nc(-c4ccc(Cl)cc4)cs3)CC2)c(C(C)C)c1.CC(C)c1cc(C(C)C)c(S(=O)(=O)N2CCN(c3nc(-c4cccc(Br)c4)cs3)CC2)c(C(C)C)c1. The van der Waals surface area contributed by atoms with E-state index >= 15 is 0 Å². The van der Waals surface area contributed by atoms with Crippen LogP contribution in [0, 0.1) is 0 Å². The summed E-state index contributed by atoms with van der Waals surface area (Å²) in [5.41, 5.74) is 10.1. The highest BCUT2D eigenvalue weighted by molar-refractivity contribution is 9.10. The number of anilines is 2. The number of nitrogens with zero attached hydrogens (tertiary/aromatic N) is 6. The smallest absolute Gasteiger partial charge is 0.243 e. The monoisotopic (exact) mass is 1130 g/mol. The van der Waals surface area contributed by atoms with Gasteiger partial charge in [0.05, 0.1) is 21.2 Å². The van der Waals surface area contributed by atoms with Crippen LogP contribution in [0.2, 0.25) is 5.02 Å². The fourth-order valence-electron chi connectivity index (χ4n) is 9.23. The van der Waals surface area contributed by atoms with Gasteiger partial charge in [-0.2, -0.15) is 8.61 Å². The lowest BCUT2D eigenvalue weighted by Crippen LogP contribution is -2.49. The van der Waals surface area contributed by atoms with Gasteiger partial charge < -0.3 is 9.80 Å².